The topological polar surface area (TPSA) is 0 Å². The van der Waals surface area contributed by atoms with E-state index in [1.807, 2.05) is 18.0 Å². The van der Waals surface area contributed by atoms with Gasteiger partial charge in [0.25, 0.3) is 0 Å². The van der Waals surface area contributed by atoms with E-state index in [2.05, 4.69) is 49.2 Å². The molecule has 0 amide bonds. The van der Waals surface area contributed by atoms with E-state index in [0.717, 1.165) is 0 Å². The summed E-state index contributed by atoms with van der Waals surface area (Å²) in [5.41, 5.74) is 0. The van der Waals surface area contributed by atoms with Gasteiger partial charge in [-0.2, -0.15) is 0 Å². The first-order valence-electron chi connectivity index (χ1n) is 7.83. The maximum absolute atomic E-state index is 3.60. The Morgan fingerprint density at radius 2 is 1.11 bits per heavy atom. The minimum atomic E-state index is 1.18. The van der Waals surface area contributed by atoms with Crippen molar-refractivity contribution in [1.82, 2.24) is 0 Å². The molecule has 1 heteroatoms. The average molecular weight is 284 g/mol. The molecule has 114 valence electrons. The fraction of sp³-hybridized carbons (Fsp3) is 0.667. The van der Waals surface area contributed by atoms with Crippen LogP contribution in [0.2, 0.25) is 0 Å². The number of rotatable bonds is 9. The van der Waals surface area contributed by atoms with Crippen LogP contribution in [0.3, 0.4) is 0 Å². The first-order chi connectivity index (χ1) is 9.24. The van der Waals surface area contributed by atoms with Crippen LogP contribution in [0.5, 0.6) is 0 Å². The van der Waals surface area contributed by atoms with Crippen molar-refractivity contribution in [3.05, 3.63) is 37.2 Å². The molecule has 0 aromatic rings. The minimum absolute atomic E-state index is 1.18. The second-order valence-electron chi connectivity index (χ2n) is 4.43. The summed E-state index contributed by atoms with van der Waals surface area (Å²) in [6, 6.07) is 0. The van der Waals surface area contributed by atoms with Crippen LogP contribution >= 0.6 is 9.24 Å². The van der Waals surface area contributed by atoms with E-state index in [-0.39, 0.29) is 0 Å². The molecule has 0 heterocycles. The first kappa shape index (κ1) is 23.7. The maximum atomic E-state index is 3.60. The van der Waals surface area contributed by atoms with Crippen molar-refractivity contribution >= 4 is 9.24 Å². The van der Waals surface area contributed by atoms with Crippen LogP contribution < -0.4 is 0 Å². The van der Waals surface area contributed by atoms with Gasteiger partial charge in [-0.1, -0.05) is 83.3 Å². The van der Waals surface area contributed by atoms with E-state index >= 15 is 0 Å². The Balaban J connectivity index is -0.000000203. The Morgan fingerprint density at radius 1 is 0.737 bits per heavy atom. The fourth-order valence-corrected chi connectivity index (χ4v) is 1.31. The van der Waals surface area contributed by atoms with Crippen molar-refractivity contribution in [3.63, 3.8) is 0 Å². The molecule has 19 heavy (non-hydrogen) atoms. The van der Waals surface area contributed by atoms with Gasteiger partial charge in [0.1, 0.15) is 0 Å². The molecule has 0 fully saturated rings. The average Bonchev–Trinajstić information content (AvgIpc) is 2.45. The highest BCUT2D eigenvalue weighted by molar-refractivity contribution is 7.20. The van der Waals surface area contributed by atoms with E-state index in [9.17, 15) is 0 Å². The lowest BCUT2D eigenvalue weighted by Gasteiger charge is -1.83. The predicted octanol–water partition coefficient (Wildman–Crippen LogP) is 7.29. The summed E-state index contributed by atoms with van der Waals surface area (Å²) in [5, 5.41) is 0. The second kappa shape index (κ2) is 30.6. The Morgan fingerprint density at radius 3 is 1.32 bits per heavy atom. The van der Waals surface area contributed by atoms with Crippen LogP contribution in [0, 0.1) is 0 Å². The summed E-state index contributed by atoms with van der Waals surface area (Å²) >= 11 is 0. The molecular formula is C18H37P. The Kier molecular flexibility index (Phi) is 38.2. The van der Waals surface area contributed by atoms with Crippen LogP contribution in [0.1, 0.15) is 78.6 Å². The molecule has 0 aliphatic carbocycles. The molecule has 0 aromatic carbocycles. The lowest BCUT2D eigenvalue weighted by molar-refractivity contribution is 0.815. The number of hydrogen-bond donors (Lipinski definition) is 0. The summed E-state index contributed by atoms with van der Waals surface area (Å²) in [6.07, 6.45) is 17.5. The molecule has 0 N–H and O–H groups in total. The summed E-state index contributed by atoms with van der Waals surface area (Å²) in [4.78, 5) is 0. The normalized spacial score (nSPS) is 9.05. The zero-order valence-electron chi connectivity index (χ0n) is 13.7. The Hall–Kier alpha value is -0.350. The van der Waals surface area contributed by atoms with E-state index < -0.39 is 0 Å². The van der Waals surface area contributed by atoms with Crippen LogP contribution in [-0.2, 0) is 0 Å². The molecule has 0 bridgehead atoms. The lowest BCUT2D eigenvalue weighted by atomic mass is 10.2. The first-order valence-corrected chi connectivity index (χ1v) is 8.50. The highest BCUT2D eigenvalue weighted by Gasteiger charge is 1.73. The molecule has 0 aromatic heterocycles. The maximum Gasteiger partial charge on any atom is -0.0347 e. The van der Waals surface area contributed by atoms with Gasteiger partial charge in [-0.3, -0.25) is 0 Å². The molecule has 0 spiro atoms. The van der Waals surface area contributed by atoms with Crippen LogP contribution in [0.15, 0.2) is 37.2 Å². The molecule has 0 rings (SSSR count). The summed E-state index contributed by atoms with van der Waals surface area (Å²) in [7, 11) is 2.57. The SMILES string of the molecule is C=CCCCC.C=CCCCC.CCCCC=CP. The smallest absolute Gasteiger partial charge is 0.0347 e. The van der Waals surface area contributed by atoms with Gasteiger partial charge in [-0.15, -0.1) is 22.4 Å². The zero-order chi connectivity index (χ0) is 15.2. The van der Waals surface area contributed by atoms with Gasteiger partial charge in [-0.25, -0.2) is 0 Å². The van der Waals surface area contributed by atoms with Gasteiger partial charge >= 0.3 is 0 Å². The fourth-order valence-electron chi connectivity index (χ4n) is 1.12. The lowest BCUT2D eigenvalue weighted by Crippen LogP contribution is -1.62. The predicted molar refractivity (Wildman–Crippen MR) is 97.8 cm³/mol. The number of hydrogen-bond acceptors (Lipinski definition) is 0. The molecule has 0 aliphatic rings. The van der Waals surface area contributed by atoms with Crippen molar-refractivity contribution in [2.75, 3.05) is 0 Å². The number of allylic oxidation sites excluding steroid dienone is 3. The third-order valence-corrected chi connectivity index (χ3v) is 2.66. The third-order valence-electron chi connectivity index (χ3n) is 2.38. The van der Waals surface area contributed by atoms with E-state index in [4.69, 9.17) is 0 Å². The van der Waals surface area contributed by atoms with E-state index in [1.54, 1.807) is 0 Å². The van der Waals surface area contributed by atoms with Crippen molar-refractivity contribution in [1.29, 1.82) is 0 Å². The van der Waals surface area contributed by atoms with Gasteiger partial charge in [0, 0.05) is 0 Å². The Bertz CT molecular complexity index is 159. The highest BCUT2D eigenvalue weighted by atomic mass is 31.0. The largest absolute Gasteiger partial charge is 0.114 e. The van der Waals surface area contributed by atoms with Crippen molar-refractivity contribution in [3.8, 4) is 0 Å². The minimum Gasteiger partial charge on any atom is -0.114 e. The van der Waals surface area contributed by atoms with Gasteiger partial charge in [-0.05, 0) is 19.3 Å². The monoisotopic (exact) mass is 284 g/mol. The zero-order valence-corrected chi connectivity index (χ0v) is 14.8. The van der Waals surface area contributed by atoms with Gasteiger partial charge in [0.05, 0.1) is 0 Å². The molecule has 1 unspecified atom stereocenters. The van der Waals surface area contributed by atoms with Crippen molar-refractivity contribution in [2.45, 2.75) is 78.6 Å². The van der Waals surface area contributed by atoms with Gasteiger partial charge in [0.2, 0.25) is 0 Å². The summed E-state index contributed by atoms with van der Waals surface area (Å²) in [5.74, 6) is 2.02. The molecule has 0 nitrogen and oxygen atoms in total. The van der Waals surface area contributed by atoms with Gasteiger partial charge < -0.3 is 0 Å². The van der Waals surface area contributed by atoms with Crippen LogP contribution in [0.4, 0.5) is 0 Å². The van der Waals surface area contributed by atoms with Crippen LogP contribution in [0.25, 0.3) is 0 Å². The van der Waals surface area contributed by atoms with Crippen molar-refractivity contribution < 1.29 is 0 Å². The van der Waals surface area contributed by atoms with E-state index in [0.29, 0.717) is 0 Å². The standard InChI is InChI=1S/C6H13P.2C6H12/c1-2-3-4-5-6-7;2*1-3-5-6-4-2/h5-6H,2-4,7H2,1H3;2*3H,1,4-6H2,2H3. The third kappa shape index (κ3) is 46.4. The molecule has 0 saturated carbocycles. The van der Waals surface area contributed by atoms with Gasteiger partial charge in [0.15, 0.2) is 0 Å². The number of unbranched alkanes of at least 4 members (excludes halogenated alkanes) is 6. The molecule has 0 radical (unpaired) electrons. The van der Waals surface area contributed by atoms with E-state index in [1.165, 1.54) is 57.8 Å². The Labute approximate surface area is 125 Å². The summed E-state index contributed by atoms with van der Waals surface area (Å²) in [6.45, 7) is 13.8. The highest BCUT2D eigenvalue weighted by Crippen LogP contribution is 1.96. The molecular weight excluding hydrogens is 247 g/mol. The molecule has 0 aliphatic heterocycles. The summed E-state index contributed by atoms with van der Waals surface area (Å²) < 4.78 is 0. The molecule has 1 atom stereocenters. The van der Waals surface area contributed by atoms with Crippen LogP contribution in [-0.4, -0.2) is 0 Å². The quantitative estimate of drug-likeness (QED) is 0.237. The molecule has 0 saturated heterocycles. The van der Waals surface area contributed by atoms with Crippen molar-refractivity contribution in [2.24, 2.45) is 0 Å². The second-order valence-corrected chi connectivity index (χ2v) is 4.82.